The number of nitrogens with zero attached hydrogens (tertiary/aromatic N) is 4. The number of amides is 1. The fourth-order valence-corrected chi connectivity index (χ4v) is 2.61. The number of hydrogen-bond donors (Lipinski definition) is 1. The van der Waals surface area contributed by atoms with E-state index >= 15 is 0 Å². The number of Topliss-reactive ketones (excluding diaryl/α,β-unsaturated/α-hetero) is 1. The molecule has 1 heterocycles. The van der Waals surface area contributed by atoms with Crippen molar-refractivity contribution in [3.63, 3.8) is 0 Å². The molecule has 0 aliphatic heterocycles. The Hall–Kier alpha value is -3.75. The minimum Gasteiger partial charge on any atom is -0.445 e. The van der Waals surface area contributed by atoms with Gasteiger partial charge in [0.25, 0.3) is 0 Å². The molecule has 9 heteroatoms. The maximum atomic E-state index is 12.5. The molecule has 2 aromatic carbocycles. The molecule has 1 atom stereocenters. The molecule has 0 spiro atoms. The van der Waals surface area contributed by atoms with Crippen LogP contribution in [0.5, 0.6) is 11.8 Å². The Kier molecular flexibility index (Phi) is 7.09. The van der Waals surface area contributed by atoms with Crippen LogP contribution >= 0.6 is 0 Å². The Bertz CT molecular complexity index is 973. The van der Waals surface area contributed by atoms with E-state index in [-0.39, 0.29) is 24.9 Å². The smallest absolute Gasteiger partial charge is 0.408 e. The van der Waals surface area contributed by atoms with Gasteiger partial charge < -0.3 is 14.8 Å². The topological polar surface area (TPSA) is 108 Å². The monoisotopic (exact) mass is 409 g/mol. The second-order valence-electron chi connectivity index (χ2n) is 6.65. The van der Waals surface area contributed by atoms with E-state index in [0.717, 1.165) is 15.9 Å². The lowest BCUT2D eigenvalue weighted by atomic mass is 10.1. The summed E-state index contributed by atoms with van der Waals surface area (Å²) in [5.74, 6) is 0.300. The number of aromatic nitrogens is 4. The molecule has 0 saturated carbocycles. The van der Waals surface area contributed by atoms with Gasteiger partial charge in [-0.15, -0.1) is 0 Å². The van der Waals surface area contributed by atoms with Gasteiger partial charge in [-0.05, 0) is 36.3 Å². The van der Waals surface area contributed by atoms with E-state index in [9.17, 15) is 9.59 Å². The largest absolute Gasteiger partial charge is 0.445 e. The lowest BCUT2D eigenvalue weighted by Gasteiger charge is -2.15. The zero-order valence-electron chi connectivity index (χ0n) is 16.8. The SMILES string of the molecule is CCC(NC(=O)OCc1ccccc1)C(=O)Cn1nnc(Oc2ccc(C)cc2)n1. The quantitative estimate of drug-likeness (QED) is 0.578. The Morgan fingerprint density at radius 1 is 1.10 bits per heavy atom. The van der Waals surface area contributed by atoms with Crippen LogP contribution in [0, 0.1) is 6.92 Å². The number of aryl methyl sites for hydroxylation is 1. The minimum atomic E-state index is -0.722. The van der Waals surface area contributed by atoms with E-state index in [2.05, 4.69) is 20.7 Å². The molecule has 0 bridgehead atoms. The second-order valence-corrected chi connectivity index (χ2v) is 6.65. The standard InChI is InChI=1S/C21H23N5O4/c1-3-18(22-21(28)29-14-16-7-5-4-6-8-16)19(27)13-26-24-20(23-25-26)30-17-11-9-15(2)10-12-17/h4-12,18H,3,13-14H2,1-2H3,(H,22,28). The van der Waals surface area contributed by atoms with Crippen LogP contribution in [0.3, 0.4) is 0 Å². The first-order chi connectivity index (χ1) is 14.5. The number of ketones is 1. The zero-order chi connectivity index (χ0) is 21.3. The second kappa shape index (κ2) is 10.1. The van der Waals surface area contributed by atoms with Crippen molar-refractivity contribution >= 4 is 11.9 Å². The number of tetrazole rings is 1. The van der Waals surface area contributed by atoms with Crippen LogP contribution in [-0.2, 0) is 22.7 Å². The van der Waals surface area contributed by atoms with Crippen molar-refractivity contribution in [1.29, 1.82) is 0 Å². The van der Waals surface area contributed by atoms with Crippen LogP contribution in [0.2, 0.25) is 0 Å². The first-order valence-corrected chi connectivity index (χ1v) is 9.55. The average molecular weight is 409 g/mol. The summed E-state index contributed by atoms with van der Waals surface area (Å²) >= 11 is 0. The molecular weight excluding hydrogens is 386 g/mol. The molecule has 9 nitrogen and oxygen atoms in total. The summed E-state index contributed by atoms with van der Waals surface area (Å²) in [7, 11) is 0. The van der Waals surface area contributed by atoms with Crippen molar-refractivity contribution < 1.29 is 19.1 Å². The van der Waals surface area contributed by atoms with Gasteiger partial charge in [-0.25, -0.2) is 4.79 Å². The number of benzene rings is 2. The molecule has 3 rings (SSSR count). The predicted molar refractivity (Wildman–Crippen MR) is 108 cm³/mol. The maximum absolute atomic E-state index is 12.5. The predicted octanol–water partition coefficient (Wildman–Crippen LogP) is 3.05. The van der Waals surface area contributed by atoms with Gasteiger partial charge in [0, 0.05) is 0 Å². The molecule has 0 aliphatic carbocycles. The number of ether oxygens (including phenoxy) is 2. The fourth-order valence-electron chi connectivity index (χ4n) is 2.61. The summed E-state index contributed by atoms with van der Waals surface area (Å²) in [6, 6.07) is 16.0. The summed E-state index contributed by atoms with van der Waals surface area (Å²) in [5, 5.41) is 14.2. The van der Waals surface area contributed by atoms with Gasteiger partial charge in [0.05, 0.1) is 6.04 Å². The minimum absolute atomic E-state index is 0.0370. The third-order valence-electron chi connectivity index (χ3n) is 4.26. The highest BCUT2D eigenvalue weighted by molar-refractivity contribution is 5.87. The lowest BCUT2D eigenvalue weighted by molar-refractivity contribution is -0.122. The Balaban J connectivity index is 1.50. The molecule has 1 unspecified atom stereocenters. The van der Waals surface area contributed by atoms with Crippen molar-refractivity contribution in [2.45, 2.75) is 39.5 Å². The summed E-state index contributed by atoms with van der Waals surface area (Å²) in [5.41, 5.74) is 1.96. The zero-order valence-corrected chi connectivity index (χ0v) is 16.8. The number of carbonyl (C=O) groups excluding carboxylic acids is 2. The maximum Gasteiger partial charge on any atom is 0.408 e. The van der Waals surface area contributed by atoms with E-state index in [1.165, 1.54) is 0 Å². The molecule has 0 fully saturated rings. The van der Waals surface area contributed by atoms with Crippen molar-refractivity contribution in [2.75, 3.05) is 0 Å². The number of hydrogen-bond acceptors (Lipinski definition) is 7. The highest BCUT2D eigenvalue weighted by atomic mass is 16.5. The van der Waals surface area contributed by atoms with Crippen molar-refractivity contribution in [3.05, 3.63) is 65.7 Å². The van der Waals surface area contributed by atoms with Gasteiger partial charge >= 0.3 is 12.1 Å². The molecule has 0 aliphatic rings. The number of rotatable bonds is 9. The van der Waals surface area contributed by atoms with Gasteiger partial charge in [-0.2, -0.15) is 4.80 Å². The van der Waals surface area contributed by atoms with Crippen LogP contribution in [-0.4, -0.2) is 38.1 Å². The van der Waals surface area contributed by atoms with Crippen LogP contribution in [0.25, 0.3) is 0 Å². The van der Waals surface area contributed by atoms with Gasteiger partial charge in [0.15, 0.2) is 5.78 Å². The summed E-state index contributed by atoms with van der Waals surface area (Å²) in [6.45, 7) is 3.74. The molecule has 1 amide bonds. The van der Waals surface area contributed by atoms with Gasteiger partial charge in [-0.3, -0.25) is 4.79 Å². The highest BCUT2D eigenvalue weighted by Gasteiger charge is 2.21. The van der Waals surface area contributed by atoms with E-state index in [1.807, 2.05) is 49.4 Å². The van der Waals surface area contributed by atoms with Gasteiger partial charge in [0.1, 0.15) is 18.9 Å². The molecule has 3 aromatic rings. The molecule has 1 aromatic heterocycles. The third kappa shape index (κ3) is 6.13. The number of carbonyl (C=O) groups is 2. The van der Waals surface area contributed by atoms with E-state index in [4.69, 9.17) is 9.47 Å². The Morgan fingerprint density at radius 3 is 2.53 bits per heavy atom. The molecule has 156 valence electrons. The van der Waals surface area contributed by atoms with Gasteiger partial charge in [-0.1, -0.05) is 65.1 Å². The molecule has 30 heavy (non-hydrogen) atoms. The molecular formula is C21H23N5O4. The van der Waals surface area contributed by atoms with Crippen LogP contribution in [0.4, 0.5) is 4.79 Å². The molecule has 1 N–H and O–H groups in total. The molecule has 0 saturated heterocycles. The third-order valence-corrected chi connectivity index (χ3v) is 4.26. The van der Waals surface area contributed by atoms with E-state index in [0.29, 0.717) is 12.2 Å². The number of alkyl carbamates (subject to hydrolysis) is 1. The normalized spacial score (nSPS) is 11.5. The summed E-state index contributed by atoms with van der Waals surface area (Å²) < 4.78 is 10.7. The summed E-state index contributed by atoms with van der Waals surface area (Å²) in [6.07, 6.45) is -0.255. The highest BCUT2D eigenvalue weighted by Crippen LogP contribution is 2.17. The fraction of sp³-hybridized carbons (Fsp3) is 0.286. The molecule has 0 radical (unpaired) electrons. The van der Waals surface area contributed by atoms with Crippen molar-refractivity contribution in [2.24, 2.45) is 0 Å². The lowest BCUT2D eigenvalue weighted by Crippen LogP contribution is -2.42. The van der Waals surface area contributed by atoms with Crippen LogP contribution in [0.15, 0.2) is 54.6 Å². The van der Waals surface area contributed by atoms with E-state index < -0.39 is 12.1 Å². The average Bonchev–Trinajstić information content (AvgIpc) is 3.19. The van der Waals surface area contributed by atoms with E-state index in [1.54, 1.807) is 19.1 Å². The first kappa shape index (κ1) is 21.0. The summed E-state index contributed by atoms with van der Waals surface area (Å²) in [4.78, 5) is 25.7. The Labute approximate surface area is 174 Å². The van der Waals surface area contributed by atoms with Crippen molar-refractivity contribution in [1.82, 2.24) is 25.5 Å². The number of nitrogens with one attached hydrogen (secondary N) is 1. The first-order valence-electron chi connectivity index (χ1n) is 9.55. The van der Waals surface area contributed by atoms with Crippen LogP contribution < -0.4 is 10.1 Å². The van der Waals surface area contributed by atoms with Crippen molar-refractivity contribution in [3.8, 4) is 11.8 Å². The van der Waals surface area contributed by atoms with Crippen LogP contribution in [0.1, 0.15) is 24.5 Å². The Morgan fingerprint density at radius 2 is 1.83 bits per heavy atom. The van der Waals surface area contributed by atoms with Gasteiger partial charge in [0.2, 0.25) is 0 Å².